The maximum atomic E-state index is 6.76. The van der Waals surface area contributed by atoms with Crippen LogP contribution in [-0.2, 0) is 12.1 Å². The Balaban J connectivity index is 1.27. The molecule has 2 aromatic heterocycles. The number of furan rings is 1. The number of para-hydroxylation sites is 3. The minimum Gasteiger partial charge on any atom is -0.455 e. The van der Waals surface area contributed by atoms with Crippen LogP contribution in [0.2, 0.25) is 0 Å². The lowest BCUT2D eigenvalue weighted by Gasteiger charge is -2.21. The molecule has 47 heavy (non-hydrogen) atoms. The van der Waals surface area contributed by atoms with Gasteiger partial charge in [0.1, 0.15) is 17.8 Å². The van der Waals surface area contributed by atoms with E-state index in [1.54, 1.807) is 0 Å². The number of hydrogen-bond acceptors (Lipinski definition) is 3. The first kappa shape index (κ1) is 27.4. The van der Waals surface area contributed by atoms with Crippen molar-refractivity contribution in [3.63, 3.8) is 0 Å². The van der Waals surface area contributed by atoms with Crippen molar-refractivity contribution in [1.29, 1.82) is 0 Å². The molecule has 0 saturated carbocycles. The van der Waals surface area contributed by atoms with Crippen LogP contribution in [0.4, 0.5) is 0 Å². The van der Waals surface area contributed by atoms with Crippen LogP contribution in [0, 0.1) is 0 Å². The molecule has 0 aliphatic heterocycles. The highest BCUT2D eigenvalue weighted by Gasteiger charge is 2.36. The summed E-state index contributed by atoms with van der Waals surface area (Å²) in [5.74, 6) is 0. The topological polar surface area (TPSA) is 56.5 Å². The Morgan fingerprint density at radius 1 is 0.681 bits per heavy atom. The van der Waals surface area contributed by atoms with Crippen molar-refractivity contribution in [2.75, 3.05) is 0 Å². The van der Waals surface area contributed by atoms with E-state index < -0.39 is 0 Å². The summed E-state index contributed by atoms with van der Waals surface area (Å²) in [7, 11) is 0. The van der Waals surface area contributed by atoms with E-state index in [0.29, 0.717) is 12.4 Å². The molecule has 0 saturated heterocycles. The molecule has 9 rings (SSSR count). The lowest BCUT2D eigenvalue weighted by atomic mass is 9.82. The number of nitrogens with zero attached hydrogens (tertiary/aromatic N) is 2. The summed E-state index contributed by atoms with van der Waals surface area (Å²) in [5.41, 5.74) is 19.3. The van der Waals surface area contributed by atoms with Gasteiger partial charge in [-0.25, -0.2) is 0 Å². The van der Waals surface area contributed by atoms with Gasteiger partial charge in [0, 0.05) is 38.2 Å². The van der Waals surface area contributed by atoms with Crippen LogP contribution in [0.15, 0.2) is 149 Å². The maximum Gasteiger partial charge on any atom is 0.144 e. The molecule has 4 heteroatoms. The first-order valence-corrected chi connectivity index (χ1v) is 16.1. The predicted molar refractivity (Wildman–Crippen MR) is 196 cm³/mol. The molecule has 0 amide bonds. The average Bonchev–Trinajstić information content (AvgIpc) is 3.72. The number of aliphatic imine (C=N–C) groups is 1. The van der Waals surface area contributed by atoms with Gasteiger partial charge in [0.2, 0.25) is 0 Å². The third-order valence-corrected chi connectivity index (χ3v) is 9.94. The molecule has 6 aromatic carbocycles. The predicted octanol–water partition coefficient (Wildman–Crippen LogP) is 10.4. The second-order valence-corrected chi connectivity index (χ2v) is 13.0. The van der Waals surface area contributed by atoms with Crippen molar-refractivity contribution >= 4 is 55.2 Å². The van der Waals surface area contributed by atoms with E-state index in [4.69, 9.17) is 15.1 Å². The quantitative estimate of drug-likeness (QED) is 0.198. The van der Waals surface area contributed by atoms with E-state index >= 15 is 0 Å². The molecule has 2 heterocycles. The number of hydrogen-bond donors (Lipinski definition) is 1. The number of rotatable bonds is 5. The van der Waals surface area contributed by atoms with Gasteiger partial charge >= 0.3 is 0 Å². The lowest BCUT2D eigenvalue weighted by molar-refractivity contribution is 0.661. The molecule has 1 aliphatic carbocycles. The summed E-state index contributed by atoms with van der Waals surface area (Å²) in [6.45, 7) is 5.08. The lowest BCUT2D eigenvalue weighted by Crippen LogP contribution is -2.14. The second-order valence-electron chi connectivity index (χ2n) is 13.0. The van der Waals surface area contributed by atoms with Gasteiger partial charge in [0.05, 0.1) is 16.7 Å². The fourth-order valence-corrected chi connectivity index (χ4v) is 7.56. The van der Waals surface area contributed by atoms with Crippen LogP contribution in [0.25, 0.3) is 60.6 Å². The Hall–Kier alpha value is -5.87. The van der Waals surface area contributed by atoms with E-state index in [1.807, 2.05) is 54.6 Å². The SMILES string of the molecule is CC1(C)c2ccccc2-c2cc3c(cc21)c1ccccc1n3CN=C(C=C(N)c1ccccc1)c1cccc2c1oc1ccccc12. The molecule has 4 nitrogen and oxygen atoms in total. The van der Waals surface area contributed by atoms with Crippen molar-refractivity contribution in [1.82, 2.24) is 4.57 Å². The van der Waals surface area contributed by atoms with Gasteiger partial charge in [-0.05, 0) is 64.2 Å². The van der Waals surface area contributed by atoms with Gasteiger partial charge in [0.15, 0.2) is 0 Å². The molecule has 1 aliphatic rings. The Morgan fingerprint density at radius 3 is 2.28 bits per heavy atom. The average molecular weight is 608 g/mol. The summed E-state index contributed by atoms with van der Waals surface area (Å²) in [6, 6.07) is 46.7. The minimum atomic E-state index is -0.0698. The Bertz CT molecular complexity index is 2580. The van der Waals surface area contributed by atoms with Gasteiger partial charge in [-0.1, -0.05) is 117 Å². The molecule has 0 fully saturated rings. The van der Waals surface area contributed by atoms with Crippen LogP contribution in [-0.4, -0.2) is 10.3 Å². The summed E-state index contributed by atoms with van der Waals surface area (Å²) in [5, 5.41) is 4.62. The summed E-state index contributed by atoms with van der Waals surface area (Å²) < 4.78 is 8.81. The molecule has 8 aromatic rings. The van der Waals surface area contributed by atoms with Crippen molar-refractivity contribution in [3.05, 3.63) is 162 Å². The van der Waals surface area contributed by atoms with Crippen molar-refractivity contribution in [2.45, 2.75) is 25.9 Å². The summed E-state index contributed by atoms with van der Waals surface area (Å²) in [4.78, 5) is 5.35. The van der Waals surface area contributed by atoms with E-state index in [9.17, 15) is 0 Å². The molecule has 226 valence electrons. The monoisotopic (exact) mass is 607 g/mol. The highest BCUT2D eigenvalue weighted by atomic mass is 16.3. The number of aromatic nitrogens is 1. The van der Waals surface area contributed by atoms with Crippen LogP contribution < -0.4 is 5.73 Å². The molecule has 0 spiro atoms. The van der Waals surface area contributed by atoms with Gasteiger partial charge in [-0.15, -0.1) is 0 Å². The molecule has 0 radical (unpaired) electrons. The van der Waals surface area contributed by atoms with Crippen molar-refractivity contribution in [2.24, 2.45) is 10.7 Å². The fourth-order valence-electron chi connectivity index (χ4n) is 7.56. The minimum absolute atomic E-state index is 0.0698. The normalized spacial score (nSPS) is 14.3. The number of benzene rings is 6. The first-order valence-electron chi connectivity index (χ1n) is 16.1. The van der Waals surface area contributed by atoms with E-state index in [-0.39, 0.29) is 5.41 Å². The molecule has 0 bridgehead atoms. The van der Waals surface area contributed by atoms with E-state index in [2.05, 4.69) is 103 Å². The highest BCUT2D eigenvalue weighted by Crippen LogP contribution is 2.50. The number of allylic oxidation sites excluding steroid dienone is 1. The summed E-state index contributed by atoms with van der Waals surface area (Å²) in [6.07, 6.45) is 1.99. The first-order chi connectivity index (χ1) is 23.0. The zero-order valence-electron chi connectivity index (χ0n) is 26.4. The zero-order chi connectivity index (χ0) is 31.7. The third kappa shape index (κ3) is 4.18. The maximum absolute atomic E-state index is 6.76. The fraction of sp³-hybridized carbons (Fsp3) is 0.0930. The van der Waals surface area contributed by atoms with Gasteiger partial charge in [-0.2, -0.15) is 0 Å². The van der Waals surface area contributed by atoms with E-state index in [1.165, 1.54) is 38.5 Å². The van der Waals surface area contributed by atoms with E-state index in [0.717, 1.165) is 44.3 Å². The van der Waals surface area contributed by atoms with Crippen LogP contribution in [0.1, 0.15) is 36.1 Å². The van der Waals surface area contributed by atoms with Gasteiger partial charge in [0.25, 0.3) is 0 Å². The van der Waals surface area contributed by atoms with Crippen molar-refractivity contribution in [3.8, 4) is 11.1 Å². The number of nitrogens with two attached hydrogens (primary N) is 1. The molecule has 0 atom stereocenters. The Labute approximate surface area is 273 Å². The Morgan fingerprint density at radius 2 is 1.40 bits per heavy atom. The highest BCUT2D eigenvalue weighted by molar-refractivity contribution is 6.20. The molecular weight excluding hydrogens is 574 g/mol. The van der Waals surface area contributed by atoms with Gasteiger partial charge in [-0.3, -0.25) is 4.99 Å². The van der Waals surface area contributed by atoms with Crippen LogP contribution in [0.3, 0.4) is 0 Å². The Kier molecular flexibility index (Phi) is 6.03. The van der Waals surface area contributed by atoms with Crippen LogP contribution in [0.5, 0.6) is 0 Å². The van der Waals surface area contributed by atoms with Crippen LogP contribution >= 0.6 is 0 Å². The zero-order valence-corrected chi connectivity index (χ0v) is 26.4. The third-order valence-electron chi connectivity index (χ3n) is 9.94. The van der Waals surface area contributed by atoms with Gasteiger partial charge < -0.3 is 14.7 Å². The largest absolute Gasteiger partial charge is 0.455 e. The second kappa shape index (κ2) is 10.3. The van der Waals surface area contributed by atoms with Crippen molar-refractivity contribution < 1.29 is 4.42 Å². The molecular formula is C43H33N3O. The standard InChI is InChI=1S/C43H33N3O/c1-43(2)35-20-9-6-15-28(35)33-24-40-34(23-36(33)43)29-16-7-10-21-39(29)46(40)26-45-38(25-37(44)27-13-4-3-5-14-27)32-19-12-18-31-30-17-8-11-22-41(30)47-42(31)32/h3-25H,26,44H2,1-2H3. The summed E-state index contributed by atoms with van der Waals surface area (Å²) >= 11 is 0. The smallest absolute Gasteiger partial charge is 0.144 e. The molecule has 2 N–H and O–H groups in total. The molecule has 0 unspecified atom stereocenters. The number of fused-ring (bicyclic) bond motifs is 9.